The highest BCUT2D eigenvalue weighted by atomic mass is 19.4. The summed E-state index contributed by atoms with van der Waals surface area (Å²) in [5.41, 5.74) is 1.57. The summed E-state index contributed by atoms with van der Waals surface area (Å²) >= 11 is 0. The van der Waals surface area contributed by atoms with Crippen LogP contribution in [0.3, 0.4) is 0 Å². The van der Waals surface area contributed by atoms with E-state index in [0.29, 0.717) is 17.2 Å². The first-order valence-corrected chi connectivity index (χ1v) is 10.4. The topological polar surface area (TPSA) is 28.7 Å². The number of halogens is 6. The molecule has 0 amide bonds. The van der Waals surface area contributed by atoms with Gasteiger partial charge in [0.05, 0.1) is 23.1 Å². The van der Waals surface area contributed by atoms with Gasteiger partial charge in [-0.05, 0) is 12.8 Å². The van der Waals surface area contributed by atoms with Gasteiger partial charge in [-0.3, -0.25) is 0 Å². The van der Waals surface area contributed by atoms with E-state index in [1.54, 1.807) is 13.3 Å². The Balaban J connectivity index is 0.000000336. The number of aryl methyl sites for hydroxylation is 2. The van der Waals surface area contributed by atoms with Crippen molar-refractivity contribution >= 4 is 17.6 Å². The number of aromatic amines is 1. The smallest absolute Gasteiger partial charge is 0.348 e. The Labute approximate surface area is 184 Å². The number of alkyl halides is 6. The van der Waals surface area contributed by atoms with Crippen molar-refractivity contribution in [2.24, 2.45) is 0 Å². The van der Waals surface area contributed by atoms with Crippen LogP contribution in [0.25, 0.3) is 0 Å². The van der Waals surface area contributed by atoms with E-state index in [9.17, 15) is 26.3 Å². The summed E-state index contributed by atoms with van der Waals surface area (Å²) < 4.78 is 76.9. The minimum atomic E-state index is -4.48. The zero-order chi connectivity index (χ0) is 23.9. The molecular weight excluding hydrogens is 429 g/mol. The molecular formula is C23H25BF6N2. The number of imidazole rings is 1. The second-order valence-electron chi connectivity index (χ2n) is 7.24. The maximum atomic E-state index is 12.8. The van der Waals surface area contributed by atoms with E-state index in [1.807, 2.05) is 0 Å². The average molecular weight is 454 g/mol. The first-order chi connectivity index (χ1) is 15.0. The summed E-state index contributed by atoms with van der Waals surface area (Å²) in [4.78, 5) is 7.25. The van der Waals surface area contributed by atoms with E-state index in [2.05, 4.69) is 23.8 Å². The van der Waals surface area contributed by atoms with Crippen LogP contribution < -0.4 is 10.9 Å². The van der Waals surface area contributed by atoms with Crippen LogP contribution in [0.15, 0.2) is 54.9 Å². The molecule has 9 heteroatoms. The number of rotatable bonds is 5. The fourth-order valence-corrected chi connectivity index (χ4v) is 3.49. The molecule has 1 N–H and O–H groups in total. The minimum Gasteiger partial charge on any atom is -0.348 e. The zero-order valence-corrected chi connectivity index (χ0v) is 18.1. The molecule has 0 fully saturated rings. The molecule has 1 aromatic heterocycles. The van der Waals surface area contributed by atoms with Gasteiger partial charge in [-0.1, -0.05) is 86.5 Å². The van der Waals surface area contributed by atoms with E-state index < -0.39 is 30.2 Å². The Kier molecular flexibility index (Phi) is 8.58. The van der Waals surface area contributed by atoms with Crippen molar-refractivity contribution in [3.63, 3.8) is 0 Å². The van der Waals surface area contributed by atoms with Gasteiger partial charge in [0.2, 0.25) is 6.71 Å². The first kappa shape index (κ1) is 25.6. The van der Waals surface area contributed by atoms with Gasteiger partial charge >= 0.3 is 12.4 Å². The lowest BCUT2D eigenvalue weighted by atomic mass is 9.39. The normalized spacial score (nSPS) is 11.7. The Hall–Kier alpha value is -2.71. The summed E-state index contributed by atoms with van der Waals surface area (Å²) in [6.45, 7) is 5.45. The quantitative estimate of drug-likeness (QED) is 0.378. The second kappa shape index (κ2) is 10.7. The first-order valence-electron chi connectivity index (χ1n) is 10.4. The van der Waals surface area contributed by atoms with Gasteiger partial charge in [0.1, 0.15) is 0 Å². The molecule has 0 aliphatic carbocycles. The number of nitrogens with zero attached hydrogens (tertiary/aromatic N) is 1. The maximum absolute atomic E-state index is 12.8. The van der Waals surface area contributed by atoms with Crippen LogP contribution in [0.1, 0.15) is 43.3 Å². The van der Waals surface area contributed by atoms with Crippen molar-refractivity contribution < 1.29 is 26.3 Å². The molecule has 0 radical (unpaired) electrons. The van der Waals surface area contributed by atoms with Crippen LogP contribution in [0.5, 0.6) is 0 Å². The molecule has 1 heterocycles. The van der Waals surface area contributed by atoms with E-state index in [0.717, 1.165) is 37.1 Å². The molecule has 2 aromatic carbocycles. The molecule has 0 aliphatic rings. The molecule has 2 nitrogen and oxygen atoms in total. The predicted molar refractivity (Wildman–Crippen MR) is 116 cm³/mol. The van der Waals surface area contributed by atoms with Gasteiger partial charge in [-0.25, -0.2) is 4.98 Å². The molecule has 0 atom stereocenters. The third kappa shape index (κ3) is 6.64. The third-order valence-electron chi connectivity index (χ3n) is 5.14. The van der Waals surface area contributed by atoms with Crippen LogP contribution in [0.2, 0.25) is 6.32 Å². The van der Waals surface area contributed by atoms with Crippen LogP contribution in [-0.4, -0.2) is 16.7 Å². The Morgan fingerprint density at radius 3 is 1.62 bits per heavy atom. The number of aromatic nitrogens is 2. The van der Waals surface area contributed by atoms with Gasteiger partial charge in [-0.2, -0.15) is 26.3 Å². The summed E-state index contributed by atoms with van der Waals surface area (Å²) in [5.74, 6) is 0. The number of hydrogen-bond donors (Lipinski definition) is 1. The van der Waals surface area contributed by atoms with Crippen molar-refractivity contribution in [2.45, 2.75) is 52.3 Å². The predicted octanol–water partition coefficient (Wildman–Crippen LogP) is 5.89. The standard InChI is InChI=1S/C16H13BF6.C7H12N2/c1-2-17(13-7-3-5-11(9-13)15(18,19)20)14-8-4-6-12(10-14)16(21,22)23;1-3-6-7(4-2)9-5-8-6/h3-10H,2H2,1H3;5H,3-4H2,1-2H3,(H,8,9). The Morgan fingerprint density at radius 2 is 1.28 bits per heavy atom. The number of nitrogens with one attached hydrogen (secondary N) is 1. The Morgan fingerprint density at radius 1 is 0.781 bits per heavy atom. The molecule has 0 aliphatic heterocycles. The number of benzene rings is 2. The van der Waals surface area contributed by atoms with Crippen LogP contribution in [-0.2, 0) is 25.2 Å². The summed E-state index contributed by atoms with van der Waals surface area (Å²) in [6.07, 6.45) is -4.72. The van der Waals surface area contributed by atoms with Gasteiger partial charge in [0.25, 0.3) is 0 Å². The van der Waals surface area contributed by atoms with Gasteiger partial charge in [-0.15, -0.1) is 0 Å². The van der Waals surface area contributed by atoms with Crippen molar-refractivity contribution in [1.82, 2.24) is 9.97 Å². The highest BCUT2D eigenvalue weighted by molar-refractivity contribution is 6.85. The molecule has 0 saturated carbocycles. The van der Waals surface area contributed by atoms with E-state index >= 15 is 0 Å². The fraction of sp³-hybridized carbons (Fsp3) is 0.348. The Bertz CT molecular complexity index is 918. The molecule has 0 bridgehead atoms. The highest BCUT2D eigenvalue weighted by Gasteiger charge is 2.33. The molecule has 172 valence electrons. The number of H-pyrrole nitrogens is 1. The SMILES string of the molecule is CCB(c1cccc(C(F)(F)F)c1)c1cccc(C(F)(F)F)c1.CCc1nc[nH]c1CC. The van der Waals surface area contributed by atoms with Crippen molar-refractivity contribution in [2.75, 3.05) is 0 Å². The summed E-state index contributed by atoms with van der Waals surface area (Å²) in [6, 6.07) is 9.43. The maximum Gasteiger partial charge on any atom is 0.416 e. The summed E-state index contributed by atoms with van der Waals surface area (Å²) in [7, 11) is 0. The van der Waals surface area contributed by atoms with Crippen LogP contribution in [0.4, 0.5) is 26.3 Å². The van der Waals surface area contributed by atoms with Crippen molar-refractivity contribution in [3.05, 3.63) is 77.4 Å². The molecule has 3 rings (SSSR count). The van der Waals surface area contributed by atoms with E-state index in [1.165, 1.54) is 35.7 Å². The van der Waals surface area contributed by atoms with Crippen molar-refractivity contribution in [3.8, 4) is 0 Å². The number of hydrogen-bond acceptors (Lipinski definition) is 1. The molecule has 3 aromatic rings. The van der Waals surface area contributed by atoms with Crippen molar-refractivity contribution in [1.29, 1.82) is 0 Å². The lowest BCUT2D eigenvalue weighted by Crippen LogP contribution is -2.42. The molecule has 32 heavy (non-hydrogen) atoms. The van der Waals surface area contributed by atoms with Crippen LogP contribution >= 0.6 is 0 Å². The molecule has 0 saturated heterocycles. The van der Waals surface area contributed by atoms with Gasteiger partial charge in [0, 0.05) is 5.69 Å². The molecule has 0 unspecified atom stereocenters. The lowest BCUT2D eigenvalue weighted by Gasteiger charge is -2.16. The zero-order valence-electron chi connectivity index (χ0n) is 18.1. The fourth-order valence-electron chi connectivity index (χ4n) is 3.49. The van der Waals surface area contributed by atoms with E-state index in [-0.39, 0.29) is 0 Å². The minimum absolute atomic E-state index is 0.349. The largest absolute Gasteiger partial charge is 0.416 e. The highest BCUT2D eigenvalue weighted by Crippen LogP contribution is 2.29. The average Bonchev–Trinajstić information content (AvgIpc) is 3.22. The van der Waals surface area contributed by atoms with Gasteiger partial charge < -0.3 is 4.98 Å². The van der Waals surface area contributed by atoms with Crippen LogP contribution in [0, 0.1) is 0 Å². The van der Waals surface area contributed by atoms with E-state index in [4.69, 9.17) is 0 Å². The second-order valence-corrected chi connectivity index (χ2v) is 7.24. The third-order valence-corrected chi connectivity index (χ3v) is 5.14. The molecule has 0 spiro atoms. The summed E-state index contributed by atoms with van der Waals surface area (Å²) in [5, 5.41) is 0. The monoisotopic (exact) mass is 454 g/mol. The lowest BCUT2D eigenvalue weighted by molar-refractivity contribution is -0.138. The van der Waals surface area contributed by atoms with Gasteiger partial charge in [0.15, 0.2) is 0 Å².